The molecule has 94 valence electrons. The summed E-state index contributed by atoms with van der Waals surface area (Å²) in [7, 11) is 2.21. The first-order chi connectivity index (χ1) is 8.33. The second-order valence-electron chi connectivity index (χ2n) is 5.49. The molecule has 1 atom stereocenters. The smallest absolute Gasteiger partial charge is 0.108 e. The number of likely N-dealkylation sites (tertiary alicyclic amines) is 1. The molecule has 1 saturated heterocycles. The third kappa shape index (κ3) is 2.40. The van der Waals surface area contributed by atoms with Crippen LogP contribution in [0.1, 0.15) is 43.0 Å². The average molecular weight is 234 g/mol. The van der Waals surface area contributed by atoms with E-state index in [1.54, 1.807) is 0 Å². The Bertz CT molecular complexity index is 366. The van der Waals surface area contributed by atoms with Crippen molar-refractivity contribution in [2.45, 2.75) is 44.2 Å². The molecule has 3 nitrogen and oxygen atoms in total. The number of aryl methyl sites for hydroxylation is 1. The van der Waals surface area contributed by atoms with Crippen molar-refractivity contribution in [2.24, 2.45) is 0 Å². The summed E-state index contributed by atoms with van der Waals surface area (Å²) in [6, 6.07) is 3.38. The summed E-state index contributed by atoms with van der Waals surface area (Å²) in [6.07, 6.45) is 8.04. The summed E-state index contributed by atoms with van der Waals surface area (Å²) in [4.78, 5) is 2.42. The minimum atomic E-state index is 0.533. The van der Waals surface area contributed by atoms with Crippen molar-refractivity contribution in [1.29, 1.82) is 0 Å². The van der Waals surface area contributed by atoms with E-state index in [1.807, 2.05) is 6.26 Å². The Hall–Kier alpha value is -0.800. The van der Waals surface area contributed by atoms with Crippen molar-refractivity contribution >= 4 is 0 Å². The molecule has 0 amide bonds. The number of rotatable bonds is 2. The lowest BCUT2D eigenvalue weighted by Gasteiger charge is -2.33. The lowest BCUT2D eigenvalue weighted by molar-refractivity contribution is 0.219. The van der Waals surface area contributed by atoms with Crippen molar-refractivity contribution in [3.8, 4) is 0 Å². The van der Waals surface area contributed by atoms with Crippen LogP contribution in [-0.2, 0) is 6.42 Å². The van der Waals surface area contributed by atoms with Crippen LogP contribution in [0.4, 0.5) is 0 Å². The Morgan fingerprint density at radius 2 is 2.12 bits per heavy atom. The van der Waals surface area contributed by atoms with Gasteiger partial charge in [-0.3, -0.25) is 0 Å². The van der Waals surface area contributed by atoms with Gasteiger partial charge in [0.15, 0.2) is 0 Å². The number of fused-ring (bicyclic) bond motifs is 1. The van der Waals surface area contributed by atoms with Gasteiger partial charge in [-0.2, -0.15) is 0 Å². The van der Waals surface area contributed by atoms with Gasteiger partial charge in [0.05, 0.1) is 6.26 Å². The molecular formula is C14H22N2O. The molecule has 1 fully saturated rings. The van der Waals surface area contributed by atoms with Gasteiger partial charge in [-0.05, 0) is 51.9 Å². The molecule has 1 aliphatic heterocycles. The highest BCUT2D eigenvalue weighted by Crippen LogP contribution is 2.31. The van der Waals surface area contributed by atoms with E-state index in [1.165, 1.54) is 50.1 Å². The molecule has 2 aliphatic rings. The maximum atomic E-state index is 5.54. The van der Waals surface area contributed by atoms with Crippen molar-refractivity contribution in [3.05, 3.63) is 23.7 Å². The predicted molar refractivity (Wildman–Crippen MR) is 68.0 cm³/mol. The van der Waals surface area contributed by atoms with Crippen LogP contribution in [0.25, 0.3) is 0 Å². The van der Waals surface area contributed by atoms with Crippen LogP contribution in [0, 0.1) is 0 Å². The number of nitrogens with zero attached hydrogens (tertiary/aromatic N) is 1. The van der Waals surface area contributed by atoms with E-state index >= 15 is 0 Å². The van der Waals surface area contributed by atoms with E-state index < -0.39 is 0 Å². The van der Waals surface area contributed by atoms with Gasteiger partial charge in [0.2, 0.25) is 0 Å². The number of furan rings is 1. The molecule has 0 radical (unpaired) electrons. The van der Waals surface area contributed by atoms with E-state index in [0.29, 0.717) is 12.1 Å². The lowest BCUT2D eigenvalue weighted by atomic mass is 9.92. The highest BCUT2D eigenvalue weighted by atomic mass is 16.3. The van der Waals surface area contributed by atoms with Gasteiger partial charge < -0.3 is 14.6 Å². The second-order valence-corrected chi connectivity index (χ2v) is 5.49. The topological polar surface area (TPSA) is 28.4 Å². The summed E-state index contributed by atoms with van der Waals surface area (Å²) in [5.74, 6) is 1.21. The molecule has 17 heavy (non-hydrogen) atoms. The fraction of sp³-hybridized carbons (Fsp3) is 0.714. The molecule has 0 spiro atoms. The van der Waals surface area contributed by atoms with Gasteiger partial charge >= 0.3 is 0 Å². The van der Waals surface area contributed by atoms with E-state index in [2.05, 4.69) is 23.3 Å². The standard InChI is InChI=1S/C14H22N2O/c1-16-8-5-11(6-9-16)15-13-3-2-4-14-12(13)7-10-17-14/h7,10-11,13,15H,2-6,8-9H2,1H3. The largest absolute Gasteiger partial charge is 0.469 e. The lowest BCUT2D eigenvalue weighted by Crippen LogP contribution is -2.42. The minimum Gasteiger partial charge on any atom is -0.469 e. The molecule has 0 bridgehead atoms. The first-order valence-electron chi connectivity index (χ1n) is 6.84. The van der Waals surface area contributed by atoms with E-state index in [-0.39, 0.29) is 0 Å². The first kappa shape index (κ1) is 11.3. The molecule has 1 aromatic rings. The van der Waals surface area contributed by atoms with Gasteiger partial charge in [0.25, 0.3) is 0 Å². The van der Waals surface area contributed by atoms with Crippen molar-refractivity contribution < 1.29 is 4.42 Å². The van der Waals surface area contributed by atoms with Crippen molar-refractivity contribution in [1.82, 2.24) is 10.2 Å². The number of hydrogen-bond acceptors (Lipinski definition) is 3. The highest BCUT2D eigenvalue weighted by molar-refractivity contribution is 5.24. The normalized spacial score (nSPS) is 27.0. The Labute approximate surface area is 103 Å². The molecule has 3 heteroatoms. The van der Waals surface area contributed by atoms with Gasteiger partial charge in [-0.1, -0.05) is 0 Å². The predicted octanol–water partition coefficient (Wildman–Crippen LogP) is 2.34. The van der Waals surface area contributed by atoms with E-state index in [0.717, 1.165) is 6.42 Å². The monoisotopic (exact) mass is 234 g/mol. The summed E-state index contributed by atoms with van der Waals surface area (Å²) < 4.78 is 5.54. The summed E-state index contributed by atoms with van der Waals surface area (Å²) in [5, 5.41) is 3.83. The van der Waals surface area contributed by atoms with Crippen molar-refractivity contribution in [2.75, 3.05) is 20.1 Å². The molecule has 0 saturated carbocycles. The number of hydrogen-bond donors (Lipinski definition) is 1. The zero-order valence-corrected chi connectivity index (χ0v) is 10.6. The maximum absolute atomic E-state index is 5.54. The third-order valence-corrected chi connectivity index (χ3v) is 4.21. The molecule has 1 N–H and O–H groups in total. The number of nitrogens with one attached hydrogen (secondary N) is 1. The molecule has 2 heterocycles. The van der Waals surface area contributed by atoms with Gasteiger partial charge in [0.1, 0.15) is 5.76 Å². The second kappa shape index (κ2) is 4.83. The van der Waals surface area contributed by atoms with Gasteiger partial charge in [-0.25, -0.2) is 0 Å². The van der Waals surface area contributed by atoms with E-state index in [9.17, 15) is 0 Å². The maximum Gasteiger partial charge on any atom is 0.108 e. The fourth-order valence-electron chi connectivity index (χ4n) is 3.12. The van der Waals surface area contributed by atoms with Crippen LogP contribution in [0.5, 0.6) is 0 Å². The fourth-order valence-corrected chi connectivity index (χ4v) is 3.12. The van der Waals surface area contributed by atoms with Crippen LogP contribution >= 0.6 is 0 Å². The Morgan fingerprint density at radius 3 is 2.94 bits per heavy atom. The average Bonchev–Trinajstić information content (AvgIpc) is 2.81. The Kier molecular flexibility index (Phi) is 3.21. The molecule has 1 unspecified atom stereocenters. The minimum absolute atomic E-state index is 0.533. The summed E-state index contributed by atoms with van der Waals surface area (Å²) >= 11 is 0. The quantitative estimate of drug-likeness (QED) is 0.851. The summed E-state index contributed by atoms with van der Waals surface area (Å²) in [5.41, 5.74) is 1.41. The Morgan fingerprint density at radius 1 is 1.29 bits per heavy atom. The zero-order valence-electron chi connectivity index (χ0n) is 10.6. The van der Waals surface area contributed by atoms with Crippen molar-refractivity contribution in [3.63, 3.8) is 0 Å². The van der Waals surface area contributed by atoms with E-state index in [4.69, 9.17) is 4.42 Å². The Balaban J connectivity index is 1.63. The SMILES string of the molecule is CN1CCC(NC2CCCc3occc32)CC1. The van der Waals surface area contributed by atoms with Crippen LogP contribution in [0.3, 0.4) is 0 Å². The molecule has 3 rings (SSSR count). The van der Waals surface area contributed by atoms with Gasteiger partial charge in [-0.15, -0.1) is 0 Å². The van der Waals surface area contributed by atoms with Crippen LogP contribution in [0.2, 0.25) is 0 Å². The zero-order chi connectivity index (χ0) is 11.7. The molecule has 0 aromatic carbocycles. The highest BCUT2D eigenvalue weighted by Gasteiger charge is 2.26. The van der Waals surface area contributed by atoms with Gasteiger partial charge in [0, 0.05) is 24.1 Å². The van der Waals surface area contributed by atoms with Crippen LogP contribution in [0.15, 0.2) is 16.7 Å². The third-order valence-electron chi connectivity index (χ3n) is 4.21. The molecule has 1 aromatic heterocycles. The van der Waals surface area contributed by atoms with Crippen LogP contribution in [-0.4, -0.2) is 31.1 Å². The first-order valence-corrected chi connectivity index (χ1v) is 6.84. The summed E-state index contributed by atoms with van der Waals surface area (Å²) in [6.45, 7) is 2.45. The van der Waals surface area contributed by atoms with Crippen LogP contribution < -0.4 is 5.32 Å². The molecular weight excluding hydrogens is 212 g/mol. The molecule has 1 aliphatic carbocycles. The number of piperidine rings is 1.